The minimum Gasteiger partial charge on any atom is -0.490 e. The molecule has 2 unspecified atom stereocenters. The monoisotopic (exact) mass is 253 g/mol. The zero-order chi connectivity index (χ0) is 13.1. The average molecular weight is 253 g/mol. The molecule has 1 aliphatic heterocycles. The summed E-state index contributed by atoms with van der Waals surface area (Å²) in [5, 5.41) is 0. The van der Waals surface area contributed by atoms with Crippen LogP contribution in [0.2, 0.25) is 0 Å². The maximum Gasteiger partial charge on any atom is 0.161 e. The van der Waals surface area contributed by atoms with Gasteiger partial charge in [0, 0.05) is 12.5 Å². The summed E-state index contributed by atoms with van der Waals surface area (Å²) in [4.78, 5) is 0. The Labute approximate surface area is 107 Å². The standard InChI is InChI=1S/C14H20FNO2/c1-9(16)6-11-7-13-14(8-12(11)10(2)15)18-5-3-4-17-13/h7-10H,3-6,16H2,1-2H3. The number of hydrogen-bond donors (Lipinski definition) is 1. The van der Waals surface area contributed by atoms with Gasteiger partial charge >= 0.3 is 0 Å². The van der Waals surface area contributed by atoms with Crippen molar-refractivity contribution in [3.05, 3.63) is 23.3 Å². The molecular weight excluding hydrogens is 233 g/mol. The first kappa shape index (κ1) is 13.1. The smallest absolute Gasteiger partial charge is 0.161 e. The maximum absolute atomic E-state index is 13.7. The maximum atomic E-state index is 13.7. The average Bonchev–Trinajstić information content (AvgIpc) is 2.51. The molecule has 0 spiro atoms. The summed E-state index contributed by atoms with van der Waals surface area (Å²) in [5.74, 6) is 1.34. The molecule has 4 heteroatoms. The molecular formula is C14H20FNO2. The normalized spacial score (nSPS) is 18.0. The Kier molecular flexibility index (Phi) is 4.07. The van der Waals surface area contributed by atoms with Gasteiger partial charge in [0.1, 0.15) is 6.17 Å². The van der Waals surface area contributed by atoms with Crippen molar-refractivity contribution < 1.29 is 13.9 Å². The van der Waals surface area contributed by atoms with Crippen molar-refractivity contribution in [2.45, 2.75) is 38.9 Å². The highest BCUT2D eigenvalue weighted by Crippen LogP contribution is 2.36. The van der Waals surface area contributed by atoms with Gasteiger partial charge in [-0.2, -0.15) is 0 Å². The number of nitrogens with two attached hydrogens (primary N) is 1. The van der Waals surface area contributed by atoms with Crippen LogP contribution in [0.15, 0.2) is 12.1 Å². The highest BCUT2D eigenvalue weighted by Gasteiger charge is 2.18. The molecule has 0 fully saturated rings. The summed E-state index contributed by atoms with van der Waals surface area (Å²) in [6, 6.07) is 3.62. The van der Waals surface area contributed by atoms with Crippen LogP contribution in [0.25, 0.3) is 0 Å². The van der Waals surface area contributed by atoms with Crippen molar-refractivity contribution in [3.63, 3.8) is 0 Å². The van der Waals surface area contributed by atoms with Gasteiger partial charge in [0.2, 0.25) is 0 Å². The fourth-order valence-corrected chi connectivity index (χ4v) is 2.16. The molecule has 18 heavy (non-hydrogen) atoms. The topological polar surface area (TPSA) is 44.5 Å². The summed E-state index contributed by atoms with van der Waals surface area (Å²) in [5.41, 5.74) is 7.36. The predicted octanol–water partition coefficient (Wildman–Crippen LogP) is 2.77. The molecule has 1 aromatic rings. The molecule has 0 saturated heterocycles. The van der Waals surface area contributed by atoms with Gasteiger partial charge in [-0.05, 0) is 43.5 Å². The van der Waals surface area contributed by atoms with Gasteiger partial charge in [-0.15, -0.1) is 0 Å². The Bertz CT molecular complexity index is 419. The van der Waals surface area contributed by atoms with Crippen molar-refractivity contribution in [3.8, 4) is 11.5 Å². The fraction of sp³-hybridized carbons (Fsp3) is 0.571. The molecule has 0 bridgehead atoms. The van der Waals surface area contributed by atoms with Crippen molar-refractivity contribution in [1.82, 2.24) is 0 Å². The third-order valence-electron chi connectivity index (χ3n) is 2.98. The Morgan fingerprint density at radius 2 is 1.83 bits per heavy atom. The fourth-order valence-electron chi connectivity index (χ4n) is 2.16. The Hall–Kier alpha value is -1.29. The minimum absolute atomic E-state index is 0.00718. The van der Waals surface area contributed by atoms with E-state index in [1.165, 1.54) is 6.92 Å². The van der Waals surface area contributed by atoms with E-state index in [1.54, 1.807) is 6.07 Å². The number of ether oxygens (including phenoxy) is 2. The lowest BCUT2D eigenvalue weighted by Crippen LogP contribution is -2.19. The highest BCUT2D eigenvalue weighted by atomic mass is 19.1. The number of halogens is 1. The highest BCUT2D eigenvalue weighted by molar-refractivity contribution is 5.48. The first-order valence-corrected chi connectivity index (χ1v) is 6.40. The zero-order valence-electron chi connectivity index (χ0n) is 10.9. The van der Waals surface area contributed by atoms with Gasteiger partial charge in [-0.25, -0.2) is 4.39 Å². The van der Waals surface area contributed by atoms with Crippen LogP contribution < -0.4 is 15.2 Å². The lowest BCUT2D eigenvalue weighted by molar-refractivity contribution is 0.296. The molecule has 2 N–H and O–H groups in total. The van der Waals surface area contributed by atoms with E-state index < -0.39 is 6.17 Å². The van der Waals surface area contributed by atoms with Crippen LogP contribution >= 0.6 is 0 Å². The first-order valence-electron chi connectivity index (χ1n) is 6.40. The zero-order valence-corrected chi connectivity index (χ0v) is 10.9. The summed E-state index contributed by atoms with van der Waals surface area (Å²) in [7, 11) is 0. The molecule has 0 radical (unpaired) electrons. The van der Waals surface area contributed by atoms with Gasteiger partial charge < -0.3 is 15.2 Å². The van der Waals surface area contributed by atoms with Gasteiger partial charge in [-0.3, -0.25) is 0 Å². The molecule has 0 aliphatic carbocycles. The third kappa shape index (κ3) is 2.93. The second kappa shape index (κ2) is 5.57. The summed E-state index contributed by atoms with van der Waals surface area (Å²) < 4.78 is 24.9. The summed E-state index contributed by atoms with van der Waals surface area (Å²) in [6.45, 7) is 4.69. The molecule has 0 saturated carbocycles. The number of benzene rings is 1. The predicted molar refractivity (Wildman–Crippen MR) is 68.9 cm³/mol. The Morgan fingerprint density at radius 3 is 2.39 bits per heavy atom. The molecule has 100 valence electrons. The molecule has 3 nitrogen and oxygen atoms in total. The molecule has 1 heterocycles. The van der Waals surface area contributed by atoms with Gasteiger partial charge in [0.25, 0.3) is 0 Å². The number of hydrogen-bond acceptors (Lipinski definition) is 3. The first-order chi connectivity index (χ1) is 8.58. The van der Waals surface area contributed by atoms with Gasteiger partial charge in [0.15, 0.2) is 11.5 Å². The van der Waals surface area contributed by atoms with E-state index in [4.69, 9.17) is 15.2 Å². The Balaban J connectivity index is 2.40. The van der Waals surface area contributed by atoms with E-state index in [0.717, 1.165) is 12.0 Å². The number of rotatable bonds is 3. The lowest BCUT2D eigenvalue weighted by atomic mass is 9.97. The Morgan fingerprint density at radius 1 is 1.22 bits per heavy atom. The van der Waals surface area contributed by atoms with E-state index in [2.05, 4.69) is 0 Å². The van der Waals surface area contributed by atoms with Crippen molar-refractivity contribution >= 4 is 0 Å². The van der Waals surface area contributed by atoms with Crippen LogP contribution in [-0.2, 0) is 6.42 Å². The number of alkyl halides is 1. The van der Waals surface area contributed by atoms with Crippen molar-refractivity contribution in [2.24, 2.45) is 5.73 Å². The number of fused-ring (bicyclic) bond motifs is 1. The third-order valence-corrected chi connectivity index (χ3v) is 2.98. The van der Waals surface area contributed by atoms with Gasteiger partial charge in [0.05, 0.1) is 13.2 Å². The minimum atomic E-state index is -1.03. The van der Waals surface area contributed by atoms with E-state index in [-0.39, 0.29) is 6.04 Å². The second-order valence-electron chi connectivity index (χ2n) is 4.85. The van der Waals surface area contributed by atoms with Crippen molar-refractivity contribution in [1.29, 1.82) is 0 Å². The summed E-state index contributed by atoms with van der Waals surface area (Å²) >= 11 is 0. The van der Waals surface area contributed by atoms with Gasteiger partial charge in [-0.1, -0.05) is 0 Å². The van der Waals surface area contributed by atoms with Crippen LogP contribution in [0.4, 0.5) is 4.39 Å². The van der Waals surface area contributed by atoms with E-state index in [0.29, 0.717) is 36.7 Å². The van der Waals surface area contributed by atoms with Crippen molar-refractivity contribution in [2.75, 3.05) is 13.2 Å². The molecule has 1 aromatic carbocycles. The SMILES string of the molecule is CC(N)Cc1cc2c(cc1C(C)F)OCCCO2. The molecule has 0 amide bonds. The van der Waals surface area contributed by atoms with Crippen LogP contribution in [0.3, 0.4) is 0 Å². The van der Waals surface area contributed by atoms with Crippen LogP contribution in [0.1, 0.15) is 37.6 Å². The van der Waals surface area contributed by atoms with E-state index >= 15 is 0 Å². The van der Waals surface area contributed by atoms with Crippen LogP contribution in [-0.4, -0.2) is 19.3 Å². The summed E-state index contributed by atoms with van der Waals surface area (Å²) in [6.07, 6.45) is 0.453. The molecule has 2 rings (SSSR count). The molecule has 1 aliphatic rings. The van der Waals surface area contributed by atoms with Crippen LogP contribution in [0, 0.1) is 0 Å². The largest absolute Gasteiger partial charge is 0.490 e. The molecule has 2 atom stereocenters. The quantitative estimate of drug-likeness (QED) is 0.900. The lowest BCUT2D eigenvalue weighted by Gasteiger charge is -2.16. The van der Waals surface area contributed by atoms with Crippen LogP contribution in [0.5, 0.6) is 11.5 Å². The molecule has 0 aromatic heterocycles. The van der Waals surface area contributed by atoms with E-state index in [1.807, 2.05) is 13.0 Å². The second-order valence-corrected chi connectivity index (χ2v) is 4.85. The van der Waals surface area contributed by atoms with E-state index in [9.17, 15) is 4.39 Å².